The van der Waals surface area contributed by atoms with Gasteiger partial charge in [-0.1, -0.05) is 5.16 Å². The highest BCUT2D eigenvalue weighted by atomic mass is 16.5. The van der Waals surface area contributed by atoms with Gasteiger partial charge in [-0.2, -0.15) is 0 Å². The summed E-state index contributed by atoms with van der Waals surface area (Å²) in [6.45, 7) is 2.07. The van der Waals surface area contributed by atoms with Crippen LogP contribution in [0.4, 0.5) is 0 Å². The van der Waals surface area contributed by atoms with Crippen LogP contribution in [-0.2, 0) is 11.3 Å². The van der Waals surface area contributed by atoms with Gasteiger partial charge >= 0.3 is 0 Å². The van der Waals surface area contributed by atoms with Gasteiger partial charge in [-0.05, 0) is 31.2 Å². The Kier molecular flexibility index (Phi) is 4.60. The molecule has 0 bridgehead atoms. The summed E-state index contributed by atoms with van der Waals surface area (Å²) in [6.07, 6.45) is 0. The molecule has 106 valence electrons. The van der Waals surface area contributed by atoms with Crippen LogP contribution >= 0.6 is 0 Å². The summed E-state index contributed by atoms with van der Waals surface area (Å²) in [7, 11) is 1.59. The van der Waals surface area contributed by atoms with Crippen LogP contribution in [0.1, 0.15) is 11.5 Å². The predicted molar refractivity (Wildman–Crippen MR) is 71.6 cm³/mol. The Morgan fingerprint density at radius 1 is 1.30 bits per heavy atom. The largest absolute Gasteiger partial charge is 0.497 e. The summed E-state index contributed by atoms with van der Waals surface area (Å²) in [5.74, 6) is 1.84. The van der Waals surface area contributed by atoms with E-state index in [-0.39, 0.29) is 12.5 Å². The number of benzene rings is 1. The molecule has 1 aromatic heterocycles. The first-order chi connectivity index (χ1) is 9.67. The topological polar surface area (TPSA) is 73.6 Å². The van der Waals surface area contributed by atoms with E-state index in [0.29, 0.717) is 23.7 Å². The van der Waals surface area contributed by atoms with Crippen LogP contribution < -0.4 is 14.8 Å². The van der Waals surface area contributed by atoms with Crippen molar-refractivity contribution < 1.29 is 18.8 Å². The summed E-state index contributed by atoms with van der Waals surface area (Å²) in [6, 6.07) is 8.79. The molecule has 2 rings (SSSR count). The molecule has 0 fully saturated rings. The first-order valence-electron chi connectivity index (χ1n) is 6.13. The number of carbonyl (C=O) groups excluding carboxylic acids is 1. The molecule has 0 aliphatic rings. The van der Waals surface area contributed by atoms with Gasteiger partial charge in [-0.3, -0.25) is 4.79 Å². The van der Waals surface area contributed by atoms with E-state index in [9.17, 15) is 4.79 Å². The number of ether oxygens (including phenoxy) is 2. The standard InChI is InChI=1S/C14H16N2O4/c1-10-7-11(16-20-10)8-15-14(17)9-19-13-5-3-12(18-2)4-6-13/h3-7H,8-9H2,1-2H3,(H,15,17). The van der Waals surface area contributed by atoms with Gasteiger partial charge in [0.2, 0.25) is 0 Å². The fraction of sp³-hybridized carbons (Fsp3) is 0.286. The minimum Gasteiger partial charge on any atom is -0.497 e. The Balaban J connectivity index is 1.74. The number of hydrogen-bond acceptors (Lipinski definition) is 5. The second-order valence-electron chi connectivity index (χ2n) is 4.17. The second kappa shape index (κ2) is 6.60. The van der Waals surface area contributed by atoms with E-state index in [0.717, 1.165) is 5.75 Å². The quantitative estimate of drug-likeness (QED) is 0.869. The molecule has 1 N–H and O–H groups in total. The SMILES string of the molecule is COc1ccc(OCC(=O)NCc2cc(C)on2)cc1. The van der Waals surface area contributed by atoms with Crippen molar-refractivity contribution in [1.82, 2.24) is 10.5 Å². The first-order valence-corrected chi connectivity index (χ1v) is 6.13. The average molecular weight is 276 g/mol. The van der Waals surface area contributed by atoms with Crippen molar-refractivity contribution in [1.29, 1.82) is 0 Å². The molecule has 0 atom stereocenters. The molecule has 0 saturated heterocycles. The highest BCUT2D eigenvalue weighted by molar-refractivity contribution is 5.77. The molecule has 20 heavy (non-hydrogen) atoms. The van der Waals surface area contributed by atoms with Crippen LogP contribution in [0.2, 0.25) is 0 Å². The summed E-state index contributed by atoms with van der Waals surface area (Å²) in [5.41, 5.74) is 0.681. The van der Waals surface area contributed by atoms with Crippen LogP contribution in [0.15, 0.2) is 34.9 Å². The summed E-state index contributed by atoms with van der Waals surface area (Å²) in [5, 5.41) is 6.47. The van der Waals surface area contributed by atoms with E-state index in [1.54, 1.807) is 44.4 Å². The van der Waals surface area contributed by atoms with Crippen molar-refractivity contribution in [3.63, 3.8) is 0 Å². The van der Waals surface area contributed by atoms with E-state index >= 15 is 0 Å². The molecule has 0 aliphatic carbocycles. The van der Waals surface area contributed by atoms with Gasteiger partial charge in [0.15, 0.2) is 6.61 Å². The van der Waals surface area contributed by atoms with Crippen LogP contribution in [-0.4, -0.2) is 24.8 Å². The molecule has 6 heteroatoms. The lowest BCUT2D eigenvalue weighted by Crippen LogP contribution is -2.28. The lowest BCUT2D eigenvalue weighted by molar-refractivity contribution is -0.123. The maximum absolute atomic E-state index is 11.6. The Bertz CT molecular complexity index is 563. The van der Waals surface area contributed by atoms with Crippen LogP contribution in [0.3, 0.4) is 0 Å². The number of nitrogens with zero attached hydrogens (tertiary/aromatic N) is 1. The zero-order valence-electron chi connectivity index (χ0n) is 11.4. The maximum atomic E-state index is 11.6. The van der Waals surface area contributed by atoms with Crippen LogP contribution in [0, 0.1) is 6.92 Å². The average Bonchev–Trinajstić information content (AvgIpc) is 2.89. The molecule has 6 nitrogen and oxygen atoms in total. The van der Waals surface area contributed by atoms with Crippen molar-refractivity contribution in [3.05, 3.63) is 41.8 Å². The maximum Gasteiger partial charge on any atom is 0.258 e. The summed E-state index contributed by atoms with van der Waals surface area (Å²) >= 11 is 0. The van der Waals surface area contributed by atoms with Gasteiger partial charge in [-0.15, -0.1) is 0 Å². The van der Waals surface area contributed by atoms with Gasteiger partial charge in [0, 0.05) is 6.07 Å². The zero-order valence-corrected chi connectivity index (χ0v) is 11.4. The number of hydrogen-bond donors (Lipinski definition) is 1. The van der Waals surface area contributed by atoms with Crippen molar-refractivity contribution in [2.75, 3.05) is 13.7 Å². The Morgan fingerprint density at radius 3 is 2.60 bits per heavy atom. The van der Waals surface area contributed by atoms with Gasteiger partial charge < -0.3 is 19.3 Å². The molecule has 0 spiro atoms. The van der Waals surface area contributed by atoms with Gasteiger partial charge in [0.1, 0.15) is 23.0 Å². The molecule has 1 heterocycles. The molecule has 0 saturated carbocycles. The van der Waals surface area contributed by atoms with Crippen molar-refractivity contribution in [3.8, 4) is 11.5 Å². The molecule has 0 unspecified atom stereocenters. The third-order valence-electron chi connectivity index (χ3n) is 2.57. The van der Waals surface area contributed by atoms with Crippen LogP contribution in [0.5, 0.6) is 11.5 Å². The Labute approximate surface area is 116 Å². The second-order valence-corrected chi connectivity index (χ2v) is 4.17. The molecule has 0 radical (unpaired) electrons. The van der Waals surface area contributed by atoms with Crippen molar-refractivity contribution in [2.45, 2.75) is 13.5 Å². The number of amides is 1. The highest BCUT2D eigenvalue weighted by Crippen LogP contribution is 2.16. The van der Waals surface area contributed by atoms with E-state index in [1.807, 2.05) is 0 Å². The lowest BCUT2D eigenvalue weighted by atomic mass is 10.3. The number of rotatable bonds is 6. The lowest BCUT2D eigenvalue weighted by Gasteiger charge is -2.07. The van der Waals surface area contributed by atoms with Crippen molar-refractivity contribution in [2.24, 2.45) is 0 Å². The summed E-state index contributed by atoms with van der Waals surface area (Å²) in [4.78, 5) is 11.6. The van der Waals surface area contributed by atoms with E-state index in [1.165, 1.54) is 0 Å². The smallest absolute Gasteiger partial charge is 0.258 e. The fourth-order valence-electron chi connectivity index (χ4n) is 1.56. The van der Waals surface area contributed by atoms with E-state index < -0.39 is 0 Å². The molecule has 1 aromatic carbocycles. The van der Waals surface area contributed by atoms with Gasteiger partial charge in [0.25, 0.3) is 5.91 Å². The molecular weight excluding hydrogens is 260 g/mol. The molecule has 2 aromatic rings. The normalized spacial score (nSPS) is 10.1. The van der Waals surface area contributed by atoms with E-state index in [2.05, 4.69) is 10.5 Å². The molecule has 0 aliphatic heterocycles. The third-order valence-corrected chi connectivity index (χ3v) is 2.57. The summed E-state index contributed by atoms with van der Waals surface area (Å²) < 4.78 is 15.3. The first kappa shape index (κ1) is 13.9. The highest BCUT2D eigenvalue weighted by Gasteiger charge is 2.05. The fourth-order valence-corrected chi connectivity index (χ4v) is 1.56. The van der Waals surface area contributed by atoms with Crippen molar-refractivity contribution >= 4 is 5.91 Å². The molecule has 1 amide bonds. The zero-order chi connectivity index (χ0) is 14.4. The predicted octanol–water partition coefficient (Wildman–Crippen LogP) is 1.69. The van der Waals surface area contributed by atoms with E-state index in [4.69, 9.17) is 14.0 Å². The van der Waals surface area contributed by atoms with Gasteiger partial charge in [-0.25, -0.2) is 0 Å². The third kappa shape index (κ3) is 4.01. The molecular formula is C14H16N2O4. The number of aryl methyl sites for hydroxylation is 1. The minimum atomic E-state index is -0.221. The number of methoxy groups -OCH3 is 1. The monoisotopic (exact) mass is 276 g/mol. The van der Waals surface area contributed by atoms with Gasteiger partial charge in [0.05, 0.1) is 13.7 Å². The Morgan fingerprint density at radius 2 is 2.00 bits per heavy atom. The number of nitrogens with one attached hydrogen (secondary N) is 1. The minimum absolute atomic E-state index is 0.0524. The Hall–Kier alpha value is -2.50. The van der Waals surface area contributed by atoms with Crippen LogP contribution in [0.25, 0.3) is 0 Å². The number of carbonyl (C=O) groups is 1. The number of aromatic nitrogens is 1.